The number of likely N-dealkylation sites (tertiary alicyclic amines) is 1. The molecule has 1 fully saturated rings. The van der Waals surface area contributed by atoms with Crippen LogP contribution in [-0.2, 0) is 0 Å². The Balaban J connectivity index is 1.11. The third-order valence-corrected chi connectivity index (χ3v) is 7.34. The summed E-state index contributed by atoms with van der Waals surface area (Å²) in [6.45, 7) is 6.28. The molecule has 1 aliphatic heterocycles. The van der Waals surface area contributed by atoms with E-state index in [-0.39, 0.29) is 0 Å². The first-order valence-electron chi connectivity index (χ1n) is 14.2. The van der Waals surface area contributed by atoms with E-state index in [9.17, 15) is 0 Å². The summed E-state index contributed by atoms with van der Waals surface area (Å²) in [5.41, 5.74) is 5.60. The number of hydrogen-bond acceptors (Lipinski definition) is 9. The van der Waals surface area contributed by atoms with E-state index in [0.717, 1.165) is 63.5 Å². The first-order chi connectivity index (χ1) is 20.2. The number of nitrogens with zero attached hydrogens (tertiary/aromatic N) is 6. The van der Waals surface area contributed by atoms with Gasteiger partial charge in [-0.15, -0.1) is 0 Å². The third kappa shape index (κ3) is 6.75. The molecular formula is C32H34N8O. The lowest BCUT2D eigenvalue weighted by Crippen LogP contribution is -2.31. The minimum absolute atomic E-state index is 0.522. The van der Waals surface area contributed by atoms with Crippen molar-refractivity contribution >= 4 is 34.0 Å². The molecule has 0 bridgehead atoms. The number of piperidine rings is 1. The Labute approximate surface area is 240 Å². The van der Waals surface area contributed by atoms with Crippen molar-refractivity contribution in [3.05, 3.63) is 85.2 Å². The number of fused-ring (bicyclic) bond motifs is 1. The summed E-state index contributed by atoms with van der Waals surface area (Å²) in [7, 11) is 0. The molecule has 0 amide bonds. The van der Waals surface area contributed by atoms with Crippen molar-refractivity contribution in [2.45, 2.75) is 32.6 Å². The molecule has 0 aliphatic carbocycles. The van der Waals surface area contributed by atoms with E-state index in [0.29, 0.717) is 12.6 Å². The Hall–Kier alpha value is -4.63. The largest absolute Gasteiger partial charge is 0.493 e. The van der Waals surface area contributed by atoms with Gasteiger partial charge in [0, 0.05) is 65.3 Å². The molecule has 208 valence electrons. The Kier molecular flexibility index (Phi) is 8.23. The van der Waals surface area contributed by atoms with Gasteiger partial charge >= 0.3 is 0 Å². The van der Waals surface area contributed by atoms with Gasteiger partial charge in [-0.2, -0.15) is 0 Å². The third-order valence-electron chi connectivity index (χ3n) is 7.34. The first-order valence-corrected chi connectivity index (χ1v) is 14.2. The van der Waals surface area contributed by atoms with Crippen LogP contribution >= 0.6 is 0 Å². The molecule has 2 N–H and O–H groups in total. The van der Waals surface area contributed by atoms with E-state index < -0.39 is 0 Å². The van der Waals surface area contributed by atoms with Crippen molar-refractivity contribution in [1.29, 1.82) is 0 Å². The number of hydrogen-bond donors (Lipinski definition) is 2. The van der Waals surface area contributed by atoms with E-state index in [1.165, 1.54) is 32.4 Å². The summed E-state index contributed by atoms with van der Waals surface area (Å²) in [6.07, 6.45) is 13.7. The molecule has 0 unspecified atom stereocenters. The maximum atomic E-state index is 6.05. The van der Waals surface area contributed by atoms with Crippen LogP contribution in [0.25, 0.3) is 22.0 Å². The van der Waals surface area contributed by atoms with E-state index >= 15 is 0 Å². The average Bonchev–Trinajstić information content (AvgIpc) is 3.02. The highest BCUT2D eigenvalue weighted by molar-refractivity contribution is 5.91. The first kappa shape index (κ1) is 26.6. The summed E-state index contributed by atoms with van der Waals surface area (Å²) in [5, 5.41) is 7.72. The van der Waals surface area contributed by atoms with Crippen LogP contribution < -0.4 is 15.4 Å². The van der Waals surface area contributed by atoms with E-state index in [4.69, 9.17) is 4.74 Å². The SMILES string of the molecule is Cc1ccc(Nc2ncnc3cc(OCCCN4CCCCC4)ccc23)cc1Nc1ncc(-c2cccnc2)cn1. The van der Waals surface area contributed by atoms with Crippen LogP contribution in [0, 0.1) is 6.92 Å². The number of nitrogens with one attached hydrogen (secondary N) is 2. The van der Waals surface area contributed by atoms with Crippen LogP contribution in [0.1, 0.15) is 31.2 Å². The highest BCUT2D eigenvalue weighted by atomic mass is 16.5. The lowest BCUT2D eigenvalue weighted by Gasteiger charge is -2.26. The van der Waals surface area contributed by atoms with Crippen LogP contribution in [-0.4, -0.2) is 56.1 Å². The van der Waals surface area contributed by atoms with Crippen LogP contribution in [0.3, 0.4) is 0 Å². The number of pyridine rings is 1. The predicted octanol–water partition coefficient (Wildman–Crippen LogP) is 6.53. The molecule has 2 aromatic carbocycles. The maximum absolute atomic E-state index is 6.05. The van der Waals surface area contributed by atoms with E-state index in [1.54, 1.807) is 31.1 Å². The zero-order valence-electron chi connectivity index (χ0n) is 23.3. The Morgan fingerprint density at radius 2 is 1.73 bits per heavy atom. The molecule has 6 rings (SSSR count). The Morgan fingerprint density at radius 3 is 2.56 bits per heavy atom. The van der Waals surface area contributed by atoms with Gasteiger partial charge in [-0.05, 0) is 75.2 Å². The molecule has 1 saturated heterocycles. The van der Waals surface area contributed by atoms with Crippen molar-refractivity contribution < 1.29 is 4.74 Å². The standard InChI is InChI=1S/C32H34N8O/c1-23-8-9-26(17-29(23)39-32-34-20-25(21-35-32)24-7-5-12-33-19-24)38-31-28-11-10-27(18-30(28)36-22-37-31)41-16-6-15-40-13-3-2-4-14-40/h5,7-12,17-22H,2-4,6,13-16H2,1H3,(H,34,35,39)(H,36,37,38). The van der Waals surface area contributed by atoms with Crippen LogP contribution in [0.2, 0.25) is 0 Å². The minimum Gasteiger partial charge on any atom is -0.493 e. The maximum Gasteiger partial charge on any atom is 0.227 e. The lowest BCUT2D eigenvalue weighted by atomic mass is 10.1. The number of ether oxygens (including phenoxy) is 1. The van der Waals surface area contributed by atoms with Gasteiger partial charge in [0.25, 0.3) is 0 Å². The van der Waals surface area contributed by atoms with Gasteiger partial charge in [0.1, 0.15) is 17.9 Å². The molecule has 0 atom stereocenters. The van der Waals surface area contributed by atoms with E-state index in [2.05, 4.69) is 40.5 Å². The quantitative estimate of drug-likeness (QED) is 0.189. The summed E-state index contributed by atoms with van der Waals surface area (Å²) < 4.78 is 6.05. The Bertz CT molecular complexity index is 1590. The fourth-order valence-corrected chi connectivity index (χ4v) is 5.05. The van der Waals surface area contributed by atoms with E-state index in [1.807, 2.05) is 55.5 Å². The summed E-state index contributed by atoms with van der Waals surface area (Å²) in [4.78, 5) is 24.7. The molecule has 9 heteroatoms. The van der Waals surface area contributed by atoms with Gasteiger partial charge in [-0.3, -0.25) is 4.98 Å². The van der Waals surface area contributed by atoms with Gasteiger partial charge in [-0.25, -0.2) is 19.9 Å². The molecule has 1 aliphatic rings. The smallest absolute Gasteiger partial charge is 0.227 e. The summed E-state index contributed by atoms with van der Waals surface area (Å²) in [5.74, 6) is 2.09. The highest BCUT2D eigenvalue weighted by Crippen LogP contribution is 2.29. The second-order valence-electron chi connectivity index (χ2n) is 10.3. The van der Waals surface area contributed by atoms with Gasteiger partial charge in [-0.1, -0.05) is 18.6 Å². The monoisotopic (exact) mass is 546 g/mol. The van der Waals surface area contributed by atoms with Crippen molar-refractivity contribution in [1.82, 2.24) is 29.8 Å². The van der Waals surface area contributed by atoms with Gasteiger partial charge < -0.3 is 20.3 Å². The lowest BCUT2D eigenvalue weighted by molar-refractivity contribution is 0.205. The van der Waals surface area contributed by atoms with Crippen LogP contribution in [0.5, 0.6) is 5.75 Å². The number of rotatable bonds is 10. The minimum atomic E-state index is 0.522. The molecular weight excluding hydrogens is 512 g/mol. The van der Waals surface area contributed by atoms with Crippen molar-refractivity contribution in [3.8, 4) is 16.9 Å². The summed E-state index contributed by atoms with van der Waals surface area (Å²) >= 11 is 0. The number of aryl methyl sites for hydroxylation is 1. The Morgan fingerprint density at radius 1 is 0.854 bits per heavy atom. The zero-order valence-corrected chi connectivity index (χ0v) is 23.3. The molecule has 3 aromatic heterocycles. The fourth-order valence-electron chi connectivity index (χ4n) is 5.05. The van der Waals surface area contributed by atoms with Gasteiger partial charge in [0.2, 0.25) is 5.95 Å². The molecule has 4 heterocycles. The summed E-state index contributed by atoms with van der Waals surface area (Å²) in [6, 6.07) is 16.0. The number of aromatic nitrogens is 5. The van der Waals surface area contributed by atoms with Crippen LogP contribution in [0.15, 0.2) is 79.6 Å². The zero-order chi connectivity index (χ0) is 27.9. The van der Waals surface area contributed by atoms with Crippen molar-refractivity contribution in [2.24, 2.45) is 0 Å². The molecule has 9 nitrogen and oxygen atoms in total. The van der Waals surface area contributed by atoms with Gasteiger partial charge in [0.15, 0.2) is 0 Å². The predicted molar refractivity (Wildman–Crippen MR) is 163 cm³/mol. The number of anilines is 4. The number of benzene rings is 2. The van der Waals surface area contributed by atoms with Crippen molar-refractivity contribution in [2.75, 3.05) is 36.9 Å². The van der Waals surface area contributed by atoms with Gasteiger partial charge in [0.05, 0.1) is 12.1 Å². The topological polar surface area (TPSA) is 101 Å². The molecule has 0 spiro atoms. The van der Waals surface area contributed by atoms with Crippen LogP contribution in [0.4, 0.5) is 23.1 Å². The molecule has 0 radical (unpaired) electrons. The molecule has 0 saturated carbocycles. The molecule has 5 aromatic rings. The highest BCUT2D eigenvalue weighted by Gasteiger charge is 2.11. The second-order valence-corrected chi connectivity index (χ2v) is 10.3. The second kappa shape index (κ2) is 12.7. The molecule has 41 heavy (non-hydrogen) atoms. The van der Waals surface area contributed by atoms with Crippen molar-refractivity contribution in [3.63, 3.8) is 0 Å². The fraction of sp³-hybridized carbons (Fsp3) is 0.281. The normalized spacial score (nSPS) is 13.7. The average molecular weight is 547 g/mol.